The van der Waals surface area contributed by atoms with Crippen molar-refractivity contribution in [1.29, 1.82) is 0 Å². The second-order valence-electron chi connectivity index (χ2n) is 8.30. The lowest BCUT2D eigenvalue weighted by molar-refractivity contribution is -0.192. The number of ether oxygens (including phenoxy) is 1. The van der Waals surface area contributed by atoms with Crippen molar-refractivity contribution < 1.29 is 37.1 Å². The number of fused-ring (bicyclic) bond motifs is 1. The third-order valence-electron chi connectivity index (χ3n) is 5.74. The molecule has 1 amide bonds. The number of carbonyl (C=O) groups is 2. The van der Waals surface area contributed by atoms with E-state index in [0.717, 1.165) is 68.3 Å². The number of aliphatic carboxylic acids is 1. The average Bonchev–Trinajstić information content (AvgIpc) is 3.49. The maximum absolute atomic E-state index is 12.3. The van der Waals surface area contributed by atoms with Gasteiger partial charge in [-0.1, -0.05) is 5.16 Å². The van der Waals surface area contributed by atoms with Gasteiger partial charge in [-0.3, -0.25) is 14.4 Å². The molecule has 1 unspecified atom stereocenters. The van der Waals surface area contributed by atoms with Gasteiger partial charge >= 0.3 is 12.1 Å². The molecule has 13 heteroatoms. The summed E-state index contributed by atoms with van der Waals surface area (Å²) >= 11 is 0. The lowest BCUT2D eigenvalue weighted by atomic mass is 10.2. The van der Waals surface area contributed by atoms with Crippen molar-refractivity contribution in [1.82, 2.24) is 24.7 Å². The van der Waals surface area contributed by atoms with Gasteiger partial charge in [0.2, 0.25) is 5.91 Å². The van der Waals surface area contributed by atoms with Crippen LogP contribution in [0.25, 0.3) is 0 Å². The highest BCUT2D eigenvalue weighted by Crippen LogP contribution is 2.20. The van der Waals surface area contributed by atoms with Crippen molar-refractivity contribution in [3.63, 3.8) is 0 Å². The van der Waals surface area contributed by atoms with Gasteiger partial charge < -0.3 is 19.3 Å². The van der Waals surface area contributed by atoms with Crippen molar-refractivity contribution in [2.75, 3.05) is 26.2 Å². The van der Waals surface area contributed by atoms with E-state index in [4.69, 9.17) is 19.2 Å². The molecule has 0 saturated carbocycles. The molecule has 2 aromatic heterocycles. The average molecular weight is 487 g/mol. The maximum atomic E-state index is 12.3. The van der Waals surface area contributed by atoms with Crippen molar-refractivity contribution >= 4 is 11.9 Å². The van der Waals surface area contributed by atoms with Crippen LogP contribution in [0.4, 0.5) is 13.2 Å². The van der Waals surface area contributed by atoms with E-state index in [0.29, 0.717) is 6.54 Å². The Labute approximate surface area is 194 Å². The summed E-state index contributed by atoms with van der Waals surface area (Å²) in [6.07, 6.45) is -1.16. The summed E-state index contributed by atoms with van der Waals surface area (Å²) in [6, 6.07) is 2.04. The molecule has 0 bridgehead atoms. The van der Waals surface area contributed by atoms with Crippen LogP contribution in [0.1, 0.15) is 35.6 Å². The first-order valence-electron chi connectivity index (χ1n) is 10.9. The van der Waals surface area contributed by atoms with Crippen LogP contribution in [-0.2, 0) is 34.0 Å². The number of nitrogens with zero attached hydrogens (tertiary/aromatic N) is 5. The fraction of sp³-hybridized carbons (Fsp3) is 0.619. The molecule has 1 N–H and O–H groups in total. The standard InChI is InChI=1S/C19H27N5O3.C2HF3O2/c1-14-18(15(2)27-21-14)12-22-9-16-5-6-20-24(16)11-17(10-22)26-13-19(25)23-7-3-4-8-23;3-2(4,5)1(6)7/h5-6,17H,3-4,7-13H2,1-2H3;(H,6,7). The predicted octanol–water partition coefficient (Wildman–Crippen LogP) is 2.14. The number of aryl methyl sites for hydroxylation is 2. The Bertz CT molecular complexity index is 964. The van der Waals surface area contributed by atoms with Gasteiger partial charge in [0.25, 0.3) is 0 Å². The highest BCUT2D eigenvalue weighted by atomic mass is 19.4. The van der Waals surface area contributed by atoms with E-state index in [9.17, 15) is 18.0 Å². The molecule has 4 heterocycles. The highest BCUT2D eigenvalue weighted by Gasteiger charge is 2.38. The van der Waals surface area contributed by atoms with E-state index in [1.165, 1.54) is 0 Å². The minimum absolute atomic E-state index is 0.0850. The Morgan fingerprint density at radius 3 is 2.50 bits per heavy atom. The molecule has 10 nitrogen and oxygen atoms in total. The lowest BCUT2D eigenvalue weighted by Gasteiger charge is -2.24. The van der Waals surface area contributed by atoms with E-state index < -0.39 is 12.1 Å². The van der Waals surface area contributed by atoms with Crippen LogP contribution in [0, 0.1) is 13.8 Å². The summed E-state index contributed by atoms with van der Waals surface area (Å²) in [6.45, 7) is 8.69. The second-order valence-corrected chi connectivity index (χ2v) is 8.30. The zero-order chi connectivity index (χ0) is 24.9. The number of carboxylic acid groups (broad SMARTS) is 1. The molecule has 0 aromatic carbocycles. The Kier molecular flexibility index (Phi) is 8.31. The molecule has 2 aromatic rings. The van der Waals surface area contributed by atoms with Crippen LogP contribution in [0.5, 0.6) is 0 Å². The lowest BCUT2D eigenvalue weighted by Crippen LogP contribution is -2.37. The summed E-state index contributed by atoms with van der Waals surface area (Å²) in [5.41, 5.74) is 3.19. The Hall–Kier alpha value is -2.93. The first-order valence-corrected chi connectivity index (χ1v) is 10.9. The van der Waals surface area contributed by atoms with Crippen LogP contribution in [0.15, 0.2) is 16.8 Å². The number of rotatable bonds is 5. The van der Waals surface area contributed by atoms with Crippen molar-refractivity contribution in [2.45, 2.75) is 58.6 Å². The van der Waals surface area contributed by atoms with E-state index in [2.05, 4.69) is 15.2 Å². The zero-order valence-electron chi connectivity index (χ0n) is 19.0. The predicted molar refractivity (Wildman–Crippen MR) is 112 cm³/mol. The van der Waals surface area contributed by atoms with Gasteiger partial charge in [0, 0.05) is 44.5 Å². The van der Waals surface area contributed by atoms with Gasteiger partial charge in [0.1, 0.15) is 12.4 Å². The Balaban J connectivity index is 0.000000406. The van der Waals surface area contributed by atoms with Crippen LogP contribution < -0.4 is 0 Å². The van der Waals surface area contributed by atoms with Gasteiger partial charge in [-0.15, -0.1) is 0 Å². The zero-order valence-corrected chi connectivity index (χ0v) is 19.0. The highest BCUT2D eigenvalue weighted by molar-refractivity contribution is 5.77. The number of hydrogen-bond donors (Lipinski definition) is 1. The quantitative estimate of drug-likeness (QED) is 0.683. The number of carbonyl (C=O) groups excluding carboxylic acids is 1. The number of amides is 1. The summed E-state index contributed by atoms with van der Waals surface area (Å²) in [5, 5.41) is 15.6. The molecule has 0 aliphatic carbocycles. The fourth-order valence-corrected chi connectivity index (χ4v) is 3.92. The summed E-state index contributed by atoms with van der Waals surface area (Å²) in [4.78, 5) is 25.5. The normalized spacial score (nSPS) is 18.7. The molecular weight excluding hydrogens is 459 g/mol. The first-order chi connectivity index (χ1) is 16.0. The minimum Gasteiger partial charge on any atom is -0.475 e. The van der Waals surface area contributed by atoms with Gasteiger partial charge in [0.15, 0.2) is 0 Å². The van der Waals surface area contributed by atoms with Gasteiger partial charge in [-0.2, -0.15) is 18.3 Å². The molecule has 1 fully saturated rings. The summed E-state index contributed by atoms with van der Waals surface area (Å²) < 4.78 is 45.1. The van der Waals surface area contributed by atoms with Gasteiger partial charge in [0.05, 0.1) is 24.0 Å². The topological polar surface area (TPSA) is 114 Å². The molecule has 0 radical (unpaired) electrons. The number of carboxylic acids is 1. The van der Waals surface area contributed by atoms with Crippen LogP contribution in [-0.4, -0.2) is 80.2 Å². The smallest absolute Gasteiger partial charge is 0.475 e. The number of halogens is 3. The monoisotopic (exact) mass is 487 g/mol. The fourth-order valence-electron chi connectivity index (χ4n) is 3.92. The Morgan fingerprint density at radius 2 is 1.91 bits per heavy atom. The van der Waals surface area contributed by atoms with E-state index >= 15 is 0 Å². The number of alkyl halides is 3. The molecule has 4 rings (SSSR count). The minimum atomic E-state index is -5.08. The first kappa shape index (κ1) is 25.7. The molecule has 34 heavy (non-hydrogen) atoms. The van der Waals surface area contributed by atoms with Crippen molar-refractivity contribution in [2.24, 2.45) is 0 Å². The summed E-state index contributed by atoms with van der Waals surface area (Å²) in [5.74, 6) is -1.81. The molecule has 1 atom stereocenters. The molecule has 2 aliphatic rings. The molecular formula is C21H28F3N5O5. The third kappa shape index (κ3) is 6.79. The van der Waals surface area contributed by atoms with Crippen LogP contribution >= 0.6 is 0 Å². The SMILES string of the molecule is Cc1noc(C)c1CN1Cc2ccnn2CC(OCC(=O)N2CCCC2)C1.O=C(O)C(F)(F)F. The number of hydrogen-bond acceptors (Lipinski definition) is 7. The van der Waals surface area contributed by atoms with Crippen LogP contribution in [0.3, 0.4) is 0 Å². The molecule has 0 spiro atoms. The van der Waals surface area contributed by atoms with E-state index in [1.807, 2.05) is 35.7 Å². The van der Waals surface area contributed by atoms with Crippen molar-refractivity contribution in [3.8, 4) is 0 Å². The van der Waals surface area contributed by atoms with Gasteiger partial charge in [-0.25, -0.2) is 4.79 Å². The molecule has 1 saturated heterocycles. The van der Waals surface area contributed by atoms with Crippen molar-refractivity contribution in [3.05, 3.63) is 35.0 Å². The van der Waals surface area contributed by atoms with E-state index in [-0.39, 0.29) is 18.6 Å². The Morgan fingerprint density at radius 1 is 1.24 bits per heavy atom. The summed E-state index contributed by atoms with van der Waals surface area (Å²) in [7, 11) is 0. The molecule has 2 aliphatic heterocycles. The maximum Gasteiger partial charge on any atom is 0.490 e. The number of aromatic nitrogens is 3. The van der Waals surface area contributed by atoms with Gasteiger partial charge in [-0.05, 0) is 32.8 Å². The number of likely N-dealkylation sites (tertiary alicyclic amines) is 1. The second kappa shape index (κ2) is 11.0. The largest absolute Gasteiger partial charge is 0.490 e. The van der Waals surface area contributed by atoms with Crippen LogP contribution in [0.2, 0.25) is 0 Å². The van der Waals surface area contributed by atoms with E-state index in [1.54, 1.807) is 0 Å². The third-order valence-corrected chi connectivity index (χ3v) is 5.74. The molecule has 188 valence electrons.